The minimum atomic E-state index is -0.267. The average Bonchev–Trinajstić information content (AvgIpc) is 3.15. The number of carbonyl (C=O) groups excluding carboxylic acids is 2. The van der Waals surface area contributed by atoms with Crippen LogP contribution >= 0.6 is 11.6 Å². The Morgan fingerprint density at radius 3 is 2.89 bits per heavy atom. The summed E-state index contributed by atoms with van der Waals surface area (Å²) in [5.41, 5.74) is 3.21. The molecule has 2 amide bonds. The molecule has 1 atom stereocenters. The normalized spacial score (nSPS) is 13.1. The van der Waals surface area contributed by atoms with Gasteiger partial charge < -0.3 is 20.3 Å². The van der Waals surface area contributed by atoms with Gasteiger partial charge in [-0.05, 0) is 48.4 Å². The van der Waals surface area contributed by atoms with Gasteiger partial charge in [0, 0.05) is 23.9 Å². The number of rotatable bonds is 8. The van der Waals surface area contributed by atoms with Crippen molar-refractivity contribution in [2.45, 2.75) is 19.5 Å². The van der Waals surface area contributed by atoms with Gasteiger partial charge in [0.2, 0.25) is 11.9 Å². The molecule has 0 saturated heterocycles. The van der Waals surface area contributed by atoms with E-state index >= 15 is 0 Å². The van der Waals surface area contributed by atoms with Crippen LogP contribution in [0.25, 0.3) is 11.3 Å². The van der Waals surface area contributed by atoms with Gasteiger partial charge in [-0.15, -0.1) is 0 Å². The van der Waals surface area contributed by atoms with Gasteiger partial charge in [-0.1, -0.05) is 23.7 Å². The van der Waals surface area contributed by atoms with E-state index in [2.05, 4.69) is 20.6 Å². The summed E-state index contributed by atoms with van der Waals surface area (Å²) >= 11 is 6.51. The number of aromatic nitrogens is 2. The number of carbonyl (C=O) groups is 2. The summed E-state index contributed by atoms with van der Waals surface area (Å²) < 4.78 is 5.24. The van der Waals surface area contributed by atoms with Gasteiger partial charge in [0.1, 0.15) is 18.8 Å². The molecule has 2 N–H and O–H groups in total. The van der Waals surface area contributed by atoms with Crippen LogP contribution in [0.15, 0.2) is 48.7 Å². The number of nitriles is 1. The maximum absolute atomic E-state index is 13.1. The second-order valence-electron chi connectivity index (χ2n) is 7.99. The summed E-state index contributed by atoms with van der Waals surface area (Å²) in [6.07, 6.45) is 1.55. The second kappa shape index (κ2) is 10.4. The Bertz CT molecular complexity index is 1320. The average molecular weight is 491 g/mol. The zero-order chi connectivity index (χ0) is 24.9. The Kier molecular flexibility index (Phi) is 7.13. The Hall–Kier alpha value is -4.16. The number of nitrogens with zero attached hydrogens (tertiary/aromatic N) is 4. The number of ether oxygens (including phenoxy) is 1. The van der Waals surface area contributed by atoms with Crippen molar-refractivity contribution in [1.82, 2.24) is 20.2 Å². The number of hydrogen-bond donors (Lipinski definition) is 2. The van der Waals surface area contributed by atoms with Crippen LogP contribution in [0, 0.1) is 11.3 Å². The molecular weight excluding hydrogens is 468 g/mol. The molecule has 9 nitrogen and oxygen atoms in total. The molecule has 2 heterocycles. The maximum atomic E-state index is 13.1. The number of nitrogens with one attached hydrogen (secondary N) is 2. The highest BCUT2D eigenvalue weighted by molar-refractivity contribution is 6.33. The number of halogens is 1. The third-order valence-electron chi connectivity index (χ3n) is 5.63. The van der Waals surface area contributed by atoms with Crippen LogP contribution < -0.4 is 15.4 Å². The minimum Gasteiger partial charge on any atom is -0.497 e. The van der Waals surface area contributed by atoms with Crippen LogP contribution in [0.3, 0.4) is 0 Å². The van der Waals surface area contributed by atoms with Crippen LogP contribution in [-0.2, 0) is 11.3 Å². The first-order valence-electron chi connectivity index (χ1n) is 10.9. The molecule has 0 unspecified atom stereocenters. The monoisotopic (exact) mass is 490 g/mol. The molecule has 0 spiro atoms. The number of anilines is 1. The lowest BCUT2D eigenvalue weighted by atomic mass is 10.0. The van der Waals surface area contributed by atoms with E-state index in [0.717, 1.165) is 11.1 Å². The zero-order valence-electron chi connectivity index (χ0n) is 19.2. The lowest BCUT2D eigenvalue weighted by Gasteiger charge is -2.19. The fourth-order valence-corrected chi connectivity index (χ4v) is 4.17. The fraction of sp³-hybridized carbons (Fsp3) is 0.240. The van der Waals surface area contributed by atoms with Gasteiger partial charge in [-0.3, -0.25) is 9.59 Å². The largest absolute Gasteiger partial charge is 0.497 e. The van der Waals surface area contributed by atoms with Crippen molar-refractivity contribution in [3.05, 3.63) is 70.4 Å². The van der Waals surface area contributed by atoms with Gasteiger partial charge in [0.05, 0.1) is 29.9 Å². The highest BCUT2D eigenvalue weighted by Crippen LogP contribution is 2.34. The first-order chi connectivity index (χ1) is 16.9. The predicted octanol–water partition coefficient (Wildman–Crippen LogP) is 3.57. The highest BCUT2D eigenvalue weighted by Gasteiger charge is 2.30. The van der Waals surface area contributed by atoms with Crippen LogP contribution in [0.5, 0.6) is 5.75 Å². The van der Waals surface area contributed by atoms with Crippen LogP contribution in [0.2, 0.25) is 5.02 Å². The van der Waals surface area contributed by atoms with E-state index < -0.39 is 0 Å². The highest BCUT2D eigenvalue weighted by atomic mass is 35.5. The Balaban J connectivity index is 1.47. The SMILES string of the molecule is COc1cccc([C@@H](C)NC(=O)CN2Cc3cc(Cl)c(-c4ccnc(NCC#N)n4)cc3C2=O)c1. The van der Waals surface area contributed by atoms with Crippen LogP contribution in [-0.4, -0.2) is 46.9 Å². The molecule has 0 saturated carbocycles. The van der Waals surface area contributed by atoms with Gasteiger partial charge in [-0.25, -0.2) is 9.97 Å². The smallest absolute Gasteiger partial charge is 0.254 e. The predicted molar refractivity (Wildman–Crippen MR) is 131 cm³/mol. The van der Waals surface area contributed by atoms with Gasteiger partial charge in [0.15, 0.2) is 0 Å². The molecule has 2 aromatic carbocycles. The molecule has 4 rings (SSSR count). The number of benzene rings is 2. The summed E-state index contributed by atoms with van der Waals surface area (Å²) in [5, 5.41) is 14.9. The van der Waals surface area contributed by atoms with Gasteiger partial charge in [0.25, 0.3) is 5.91 Å². The third-order valence-corrected chi connectivity index (χ3v) is 5.95. The Labute approximate surface area is 207 Å². The molecule has 1 aliphatic heterocycles. The van der Waals surface area contributed by atoms with Crippen molar-refractivity contribution in [3.63, 3.8) is 0 Å². The molecule has 35 heavy (non-hydrogen) atoms. The van der Waals surface area contributed by atoms with E-state index in [1.807, 2.05) is 37.3 Å². The van der Waals surface area contributed by atoms with E-state index in [9.17, 15) is 9.59 Å². The van der Waals surface area contributed by atoms with E-state index in [0.29, 0.717) is 27.6 Å². The summed E-state index contributed by atoms with van der Waals surface area (Å²) in [5.74, 6) is 0.476. The van der Waals surface area contributed by atoms with E-state index in [1.54, 1.807) is 31.5 Å². The molecule has 0 fully saturated rings. The number of fused-ring (bicyclic) bond motifs is 1. The Morgan fingerprint density at radius 1 is 1.29 bits per heavy atom. The minimum absolute atomic E-state index is 0.0628. The van der Waals surface area contributed by atoms with Crippen LogP contribution in [0.4, 0.5) is 5.95 Å². The van der Waals surface area contributed by atoms with Gasteiger partial charge in [-0.2, -0.15) is 5.26 Å². The number of amides is 2. The van der Waals surface area contributed by atoms with Crippen molar-refractivity contribution >= 4 is 29.4 Å². The third kappa shape index (κ3) is 5.34. The molecule has 3 aromatic rings. The molecule has 10 heteroatoms. The van der Waals surface area contributed by atoms with E-state index in [4.69, 9.17) is 21.6 Å². The number of methoxy groups -OCH3 is 1. The quantitative estimate of drug-likeness (QED) is 0.463. The van der Waals surface area contributed by atoms with Crippen molar-refractivity contribution in [2.75, 3.05) is 25.5 Å². The summed E-state index contributed by atoms with van der Waals surface area (Å²) in [4.78, 5) is 35.7. The first-order valence-corrected chi connectivity index (χ1v) is 11.3. The molecule has 1 aromatic heterocycles. The lowest BCUT2D eigenvalue weighted by molar-refractivity contribution is -0.122. The molecule has 178 valence electrons. The lowest BCUT2D eigenvalue weighted by Crippen LogP contribution is -2.38. The molecule has 1 aliphatic rings. The molecular formula is C25H23ClN6O3. The topological polar surface area (TPSA) is 120 Å². The number of hydrogen-bond acceptors (Lipinski definition) is 7. The second-order valence-corrected chi connectivity index (χ2v) is 8.40. The van der Waals surface area contributed by atoms with Crippen molar-refractivity contribution in [1.29, 1.82) is 5.26 Å². The summed E-state index contributed by atoms with van der Waals surface area (Å²) in [6, 6.07) is 14.3. The first kappa shape index (κ1) is 24.0. The maximum Gasteiger partial charge on any atom is 0.254 e. The molecule has 0 bridgehead atoms. The Morgan fingerprint density at radius 2 is 2.11 bits per heavy atom. The summed E-state index contributed by atoms with van der Waals surface area (Å²) in [6.45, 7) is 2.15. The van der Waals surface area contributed by atoms with Crippen LogP contribution in [0.1, 0.15) is 34.5 Å². The van der Waals surface area contributed by atoms with Crippen molar-refractivity contribution in [3.8, 4) is 23.1 Å². The fourth-order valence-electron chi connectivity index (χ4n) is 3.88. The standard InChI is InChI=1S/C25H23ClN6O3/c1-15(16-4-3-5-18(10-16)35-2)30-23(33)14-32-13-17-11-21(26)20(12-19(17)24(32)34)22-6-8-28-25(31-22)29-9-7-27/h3-6,8,10-12,15H,9,13-14H2,1-2H3,(H,30,33)(H,28,29,31)/t15-/m1/s1. The molecule has 0 aliphatic carbocycles. The van der Waals surface area contributed by atoms with Crippen molar-refractivity contribution < 1.29 is 14.3 Å². The van der Waals surface area contributed by atoms with E-state index in [-0.39, 0.29) is 43.4 Å². The van der Waals surface area contributed by atoms with Gasteiger partial charge >= 0.3 is 0 Å². The molecule has 0 radical (unpaired) electrons. The van der Waals surface area contributed by atoms with E-state index in [1.165, 1.54) is 4.90 Å². The zero-order valence-corrected chi connectivity index (χ0v) is 20.0. The summed E-state index contributed by atoms with van der Waals surface area (Å²) in [7, 11) is 1.59. The van der Waals surface area contributed by atoms with Crippen molar-refractivity contribution in [2.24, 2.45) is 0 Å².